The van der Waals surface area contributed by atoms with Gasteiger partial charge in [-0.25, -0.2) is 0 Å². The van der Waals surface area contributed by atoms with Crippen LogP contribution in [-0.2, 0) is 9.59 Å². The van der Waals surface area contributed by atoms with Gasteiger partial charge >= 0.3 is 5.97 Å². The van der Waals surface area contributed by atoms with Crippen molar-refractivity contribution in [1.82, 2.24) is 0 Å². The Morgan fingerprint density at radius 1 is 1.28 bits per heavy atom. The molecule has 0 fully saturated rings. The van der Waals surface area contributed by atoms with Crippen LogP contribution in [0.25, 0.3) is 0 Å². The molecule has 0 radical (unpaired) electrons. The summed E-state index contributed by atoms with van der Waals surface area (Å²) in [6, 6.07) is 9.43. The van der Waals surface area contributed by atoms with Gasteiger partial charge in [-0.2, -0.15) is 0 Å². The molecular formula is C14H15NO3. The molecule has 0 unspecified atom stereocenters. The van der Waals surface area contributed by atoms with Gasteiger partial charge in [0, 0.05) is 18.4 Å². The molecule has 18 heavy (non-hydrogen) atoms. The Hall–Kier alpha value is -2.36. The Balaban J connectivity index is 2.95. The lowest BCUT2D eigenvalue weighted by Crippen LogP contribution is -2.18. The zero-order valence-electron chi connectivity index (χ0n) is 10.1. The van der Waals surface area contributed by atoms with Crippen LogP contribution in [-0.4, -0.2) is 24.4 Å². The van der Waals surface area contributed by atoms with E-state index in [0.29, 0.717) is 12.0 Å². The average molecular weight is 245 g/mol. The Bertz CT molecular complexity index is 463. The summed E-state index contributed by atoms with van der Waals surface area (Å²) >= 11 is 0. The fraction of sp³-hybridized carbons (Fsp3) is 0.143. The summed E-state index contributed by atoms with van der Waals surface area (Å²) in [4.78, 5) is 22.8. The fourth-order valence-electron chi connectivity index (χ4n) is 1.47. The molecule has 0 saturated heterocycles. The average Bonchev–Trinajstić information content (AvgIpc) is 2.37. The molecule has 0 aliphatic heterocycles. The van der Waals surface area contributed by atoms with Gasteiger partial charge in [0.1, 0.15) is 6.29 Å². The van der Waals surface area contributed by atoms with E-state index in [1.54, 1.807) is 18.0 Å². The molecule has 4 heteroatoms. The summed E-state index contributed by atoms with van der Waals surface area (Å²) < 4.78 is 0. The van der Waals surface area contributed by atoms with Crippen LogP contribution in [0, 0.1) is 0 Å². The lowest BCUT2D eigenvalue weighted by molar-refractivity contribution is -0.136. The molecule has 1 aromatic rings. The number of carbonyl (C=O) groups is 2. The first-order valence-corrected chi connectivity index (χ1v) is 5.46. The third-order valence-corrected chi connectivity index (χ3v) is 2.38. The number of carboxylic acid groups (broad SMARTS) is 1. The number of benzene rings is 1. The number of nitrogens with zero attached hydrogens (tertiary/aromatic N) is 1. The maximum absolute atomic E-state index is 10.8. The van der Waals surface area contributed by atoms with Crippen molar-refractivity contribution in [1.29, 1.82) is 0 Å². The van der Waals surface area contributed by atoms with Crippen molar-refractivity contribution in [2.45, 2.75) is 6.42 Å². The van der Waals surface area contributed by atoms with E-state index >= 15 is 0 Å². The predicted octanol–water partition coefficient (Wildman–Crippen LogP) is 2.24. The van der Waals surface area contributed by atoms with Gasteiger partial charge in [0.2, 0.25) is 0 Å². The van der Waals surface area contributed by atoms with Gasteiger partial charge in [-0.3, -0.25) is 9.59 Å². The van der Waals surface area contributed by atoms with Gasteiger partial charge in [0.15, 0.2) is 0 Å². The number of hydrogen-bond donors (Lipinski definition) is 1. The molecule has 4 nitrogen and oxygen atoms in total. The molecule has 1 N–H and O–H groups in total. The smallest absolute Gasteiger partial charge is 0.309 e. The van der Waals surface area contributed by atoms with Crippen LogP contribution in [0.15, 0.2) is 54.3 Å². The zero-order chi connectivity index (χ0) is 13.4. The maximum Gasteiger partial charge on any atom is 0.309 e. The maximum atomic E-state index is 10.8. The molecule has 0 saturated carbocycles. The minimum atomic E-state index is -0.913. The number of carboxylic acids is 1. The van der Waals surface area contributed by atoms with Gasteiger partial charge < -0.3 is 10.0 Å². The normalized spacial score (nSPS) is 11.5. The Morgan fingerprint density at radius 2 is 1.94 bits per heavy atom. The first-order chi connectivity index (χ1) is 8.65. The molecule has 1 rings (SSSR count). The van der Waals surface area contributed by atoms with Gasteiger partial charge in [0.05, 0.1) is 6.42 Å². The van der Waals surface area contributed by atoms with Gasteiger partial charge in [0.25, 0.3) is 0 Å². The second-order valence-electron chi connectivity index (χ2n) is 3.64. The Morgan fingerprint density at radius 3 is 2.50 bits per heavy atom. The third kappa shape index (κ3) is 4.25. The van der Waals surface area contributed by atoms with Gasteiger partial charge in [-0.15, -0.1) is 0 Å². The third-order valence-electron chi connectivity index (χ3n) is 2.38. The monoisotopic (exact) mass is 245 g/mol. The molecule has 0 atom stereocenters. The molecule has 0 spiro atoms. The van der Waals surface area contributed by atoms with Crippen LogP contribution < -0.4 is 4.90 Å². The number of carbonyl (C=O) groups excluding carboxylic acids is 1. The summed E-state index contributed by atoms with van der Waals surface area (Å²) in [7, 11) is 1.79. The van der Waals surface area contributed by atoms with E-state index in [9.17, 15) is 9.59 Å². The van der Waals surface area contributed by atoms with Crippen molar-refractivity contribution in [3.63, 3.8) is 0 Å². The van der Waals surface area contributed by atoms with Crippen LogP contribution in [0.2, 0.25) is 0 Å². The highest BCUT2D eigenvalue weighted by molar-refractivity contribution is 5.72. The van der Waals surface area contributed by atoms with Crippen molar-refractivity contribution >= 4 is 17.9 Å². The quantitative estimate of drug-likeness (QED) is 0.474. The summed E-state index contributed by atoms with van der Waals surface area (Å²) in [5, 5.41) is 8.88. The number of para-hydroxylation sites is 1. The summed E-state index contributed by atoms with van der Waals surface area (Å²) in [5.74, 6) is -0.913. The first-order valence-electron chi connectivity index (χ1n) is 5.46. The van der Waals surface area contributed by atoms with Crippen LogP contribution in [0.1, 0.15) is 6.42 Å². The molecule has 1 aromatic carbocycles. The predicted molar refractivity (Wildman–Crippen MR) is 70.4 cm³/mol. The molecule has 0 bridgehead atoms. The van der Waals surface area contributed by atoms with Crippen molar-refractivity contribution in [2.24, 2.45) is 0 Å². The fourth-order valence-corrected chi connectivity index (χ4v) is 1.47. The highest BCUT2D eigenvalue weighted by Gasteiger charge is 2.09. The van der Waals surface area contributed by atoms with Crippen molar-refractivity contribution in [2.75, 3.05) is 11.9 Å². The highest BCUT2D eigenvalue weighted by Crippen LogP contribution is 2.18. The van der Waals surface area contributed by atoms with E-state index in [-0.39, 0.29) is 6.42 Å². The minimum Gasteiger partial charge on any atom is -0.481 e. The number of anilines is 1. The molecule has 0 aliphatic carbocycles. The van der Waals surface area contributed by atoms with Gasteiger partial charge in [-0.05, 0) is 24.3 Å². The number of hydrogen-bond acceptors (Lipinski definition) is 3. The number of rotatable bonds is 6. The molecular weight excluding hydrogens is 230 g/mol. The Labute approximate surface area is 106 Å². The SMILES string of the molecule is CN(/C(=C\C=C\C=O)CC(=O)O)c1ccccc1. The van der Waals surface area contributed by atoms with Crippen LogP contribution >= 0.6 is 0 Å². The van der Waals surface area contributed by atoms with Crippen molar-refractivity contribution < 1.29 is 14.7 Å². The summed E-state index contributed by atoms with van der Waals surface area (Å²) in [6.07, 6.45) is 5.02. The first kappa shape index (κ1) is 13.7. The molecule has 0 aromatic heterocycles. The highest BCUT2D eigenvalue weighted by atomic mass is 16.4. The number of allylic oxidation sites excluding steroid dienone is 3. The van der Waals surface area contributed by atoms with E-state index in [1.807, 2.05) is 30.3 Å². The number of aldehydes is 1. The zero-order valence-corrected chi connectivity index (χ0v) is 10.1. The molecule has 0 heterocycles. The second-order valence-corrected chi connectivity index (χ2v) is 3.64. The van der Waals surface area contributed by atoms with Crippen molar-refractivity contribution in [3.8, 4) is 0 Å². The minimum absolute atomic E-state index is 0.103. The topological polar surface area (TPSA) is 57.6 Å². The van der Waals surface area contributed by atoms with E-state index in [0.717, 1.165) is 5.69 Å². The molecule has 0 aliphatic rings. The van der Waals surface area contributed by atoms with E-state index in [1.165, 1.54) is 12.2 Å². The standard InChI is InChI=1S/C14H15NO3/c1-15(12-7-3-2-4-8-12)13(11-14(17)18)9-5-6-10-16/h2-10H,11H2,1H3,(H,17,18)/b6-5+,13-9-. The Kier molecular flexibility index (Phi) is 5.38. The largest absolute Gasteiger partial charge is 0.481 e. The lowest BCUT2D eigenvalue weighted by Gasteiger charge is -2.21. The van der Waals surface area contributed by atoms with Crippen LogP contribution in [0.3, 0.4) is 0 Å². The van der Waals surface area contributed by atoms with E-state index in [4.69, 9.17) is 5.11 Å². The van der Waals surface area contributed by atoms with Crippen molar-refractivity contribution in [3.05, 3.63) is 54.3 Å². The number of aliphatic carboxylic acids is 1. The lowest BCUT2D eigenvalue weighted by atomic mass is 10.2. The van der Waals surface area contributed by atoms with Crippen LogP contribution in [0.4, 0.5) is 5.69 Å². The second kappa shape index (κ2) is 7.06. The van der Waals surface area contributed by atoms with E-state index < -0.39 is 5.97 Å². The molecule has 0 amide bonds. The molecule has 94 valence electrons. The summed E-state index contributed by atoms with van der Waals surface area (Å²) in [5.41, 5.74) is 1.50. The summed E-state index contributed by atoms with van der Waals surface area (Å²) in [6.45, 7) is 0. The van der Waals surface area contributed by atoms with Gasteiger partial charge in [-0.1, -0.05) is 24.3 Å². The van der Waals surface area contributed by atoms with E-state index in [2.05, 4.69) is 0 Å². The van der Waals surface area contributed by atoms with Crippen LogP contribution in [0.5, 0.6) is 0 Å².